The molecule has 0 aromatic rings. The zero-order valence-corrected chi connectivity index (χ0v) is 13.9. The molecule has 0 spiro atoms. The maximum atomic E-state index is 12.2. The monoisotopic (exact) mass is 312 g/mol. The van der Waals surface area contributed by atoms with Crippen molar-refractivity contribution < 1.29 is 14.3 Å². The van der Waals surface area contributed by atoms with Gasteiger partial charge in [-0.2, -0.15) is 0 Å². The highest BCUT2D eigenvalue weighted by Gasteiger charge is 2.30. The summed E-state index contributed by atoms with van der Waals surface area (Å²) in [6.45, 7) is 4.80. The third-order valence-electron chi connectivity index (χ3n) is 4.73. The van der Waals surface area contributed by atoms with Gasteiger partial charge in [-0.3, -0.25) is 4.79 Å². The van der Waals surface area contributed by atoms with Gasteiger partial charge in [0, 0.05) is 19.7 Å². The van der Waals surface area contributed by atoms with Gasteiger partial charge < -0.3 is 20.1 Å². The van der Waals surface area contributed by atoms with Crippen molar-refractivity contribution in [1.82, 2.24) is 10.6 Å². The number of ether oxygens (including phenoxy) is 2. The maximum absolute atomic E-state index is 12.2. The number of unbranched alkanes of at least 4 members (excludes halogenated alkanes) is 1. The second kappa shape index (κ2) is 10.2. The Kier molecular flexibility index (Phi) is 8.20. The number of amides is 1. The van der Waals surface area contributed by atoms with E-state index in [2.05, 4.69) is 17.6 Å². The minimum Gasteiger partial charge on any atom is -0.355 e. The van der Waals surface area contributed by atoms with E-state index in [-0.39, 0.29) is 18.1 Å². The Labute approximate surface area is 134 Å². The molecule has 0 radical (unpaired) electrons. The molecule has 2 atom stereocenters. The van der Waals surface area contributed by atoms with Gasteiger partial charge in [0.1, 0.15) is 6.79 Å². The van der Waals surface area contributed by atoms with Crippen LogP contribution >= 0.6 is 0 Å². The minimum atomic E-state index is -0.107. The first-order valence-electron chi connectivity index (χ1n) is 9.00. The zero-order valence-electron chi connectivity index (χ0n) is 13.9. The second-order valence-electron chi connectivity index (χ2n) is 6.61. The van der Waals surface area contributed by atoms with E-state index in [0.717, 1.165) is 39.0 Å². The molecule has 1 aliphatic carbocycles. The molecule has 0 bridgehead atoms. The Morgan fingerprint density at radius 3 is 2.86 bits per heavy atom. The van der Waals surface area contributed by atoms with Crippen LogP contribution in [0, 0.1) is 5.92 Å². The third-order valence-corrected chi connectivity index (χ3v) is 4.73. The molecule has 2 fully saturated rings. The summed E-state index contributed by atoms with van der Waals surface area (Å²) in [6.07, 6.45) is 9.55. The average Bonchev–Trinajstić information content (AvgIpc) is 3.02. The quantitative estimate of drug-likeness (QED) is 0.506. The Bertz CT molecular complexity index is 319. The van der Waals surface area contributed by atoms with Crippen LogP contribution in [0.4, 0.5) is 0 Å². The van der Waals surface area contributed by atoms with Crippen LogP contribution in [0.15, 0.2) is 0 Å². The van der Waals surface area contributed by atoms with Crippen molar-refractivity contribution >= 4 is 5.91 Å². The molecule has 0 aromatic heterocycles. The van der Waals surface area contributed by atoms with Gasteiger partial charge in [0.05, 0.1) is 12.1 Å². The van der Waals surface area contributed by atoms with Crippen molar-refractivity contribution in [2.75, 3.05) is 26.5 Å². The summed E-state index contributed by atoms with van der Waals surface area (Å²) in [5, 5.41) is 6.36. The van der Waals surface area contributed by atoms with Crippen molar-refractivity contribution in [3.05, 3.63) is 0 Å². The van der Waals surface area contributed by atoms with Crippen molar-refractivity contribution in [2.24, 2.45) is 5.92 Å². The van der Waals surface area contributed by atoms with Gasteiger partial charge in [-0.25, -0.2) is 0 Å². The zero-order chi connectivity index (χ0) is 15.6. The Balaban J connectivity index is 1.55. The van der Waals surface area contributed by atoms with Gasteiger partial charge in [0.25, 0.3) is 0 Å². The van der Waals surface area contributed by atoms with Gasteiger partial charge in [0.2, 0.25) is 5.91 Å². The van der Waals surface area contributed by atoms with Crippen LogP contribution in [0.5, 0.6) is 0 Å². The maximum Gasteiger partial charge on any atom is 0.237 e. The van der Waals surface area contributed by atoms with Gasteiger partial charge in [-0.15, -0.1) is 0 Å². The Morgan fingerprint density at radius 2 is 2.09 bits per heavy atom. The molecule has 2 aliphatic rings. The molecule has 22 heavy (non-hydrogen) atoms. The normalized spacial score (nSPS) is 26.2. The summed E-state index contributed by atoms with van der Waals surface area (Å²) in [7, 11) is 0. The lowest BCUT2D eigenvalue weighted by molar-refractivity contribution is -0.123. The lowest BCUT2D eigenvalue weighted by Gasteiger charge is -2.22. The van der Waals surface area contributed by atoms with E-state index in [1.54, 1.807) is 0 Å². The van der Waals surface area contributed by atoms with Crippen molar-refractivity contribution in [2.45, 2.75) is 70.4 Å². The van der Waals surface area contributed by atoms with E-state index in [4.69, 9.17) is 9.47 Å². The van der Waals surface area contributed by atoms with E-state index in [1.807, 2.05) is 0 Å². The standard InChI is InChI=1S/C17H32N2O3/c1-2-3-9-21-13-22-15-10-16(18-12-15)17(20)19-11-14-7-5-4-6-8-14/h14-16,18H,2-13H2,1H3,(H,19,20). The molecule has 2 rings (SSSR count). The number of hydrogen-bond acceptors (Lipinski definition) is 4. The van der Waals surface area contributed by atoms with Crippen LogP contribution in [0.2, 0.25) is 0 Å². The van der Waals surface area contributed by atoms with E-state index < -0.39 is 0 Å². The summed E-state index contributed by atoms with van der Waals surface area (Å²) < 4.78 is 11.1. The van der Waals surface area contributed by atoms with Crippen LogP contribution in [0.25, 0.3) is 0 Å². The van der Waals surface area contributed by atoms with Crippen LogP contribution in [-0.4, -0.2) is 44.5 Å². The SMILES string of the molecule is CCCCOCOC1CNC(C(=O)NCC2CCCCC2)C1. The first kappa shape index (κ1) is 17.7. The molecule has 2 unspecified atom stereocenters. The van der Waals surface area contributed by atoms with E-state index in [1.165, 1.54) is 32.1 Å². The second-order valence-corrected chi connectivity index (χ2v) is 6.61. The molecule has 5 nitrogen and oxygen atoms in total. The molecule has 5 heteroatoms. The number of nitrogens with one attached hydrogen (secondary N) is 2. The highest BCUT2D eigenvalue weighted by atomic mass is 16.7. The highest BCUT2D eigenvalue weighted by Crippen LogP contribution is 2.22. The third kappa shape index (κ3) is 6.23. The first-order valence-corrected chi connectivity index (χ1v) is 9.00. The lowest BCUT2D eigenvalue weighted by atomic mass is 9.89. The number of rotatable bonds is 9. The van der Waals surface area contributed by atoms with E-state index in [9.17, 15) is 4.79 Å². The fourth-order valence-electron chi connectivity index (χ4n) is 3.24. The molecule has 1 aliphatic heterocycles. The summed E-state index contributed by atoms with van der Waals surface area (Å²) in [6, 6.07) is -0.107. The lowest BCUT2D eigenvalue weighted by Crippen LogP contribution is -2.42. The average molecular weight is 312 g/mol. The smallest absolute Gasteiger partial charge is 0.237 e. The van der Waals surface area contributed by atoms with E-state index in [0.29, 0.717) is 12.7 Å². The summed E-state index contributed by atoms with van der Waals surface area (Å²) in [5.41, 5.74) is 0. The Hall–Kier alpha value is -0.650. The molecule has 128 valence electrons. The molecule has 1 saturated carbocycles. The topological polar surface area (TPSA) is 59.6 Å². The molecule has 1 amide bonds. The predicted octanol–water partition coefficient (Wildman–Crippen LogP) is 2.20. The summed E-state index contributed by atoms with van der Waals surface area (Å²) in [4.78, 5) is 12.2. The fraction of sp³-hybridized carbons (Fsp3) is 0.941. The van der Waals surface area contributed by atoms with Gasteiger partial charge in [-0.05, 0) is 31.6 Å². The predicted molar refractivity (Wildman–Crippen MR) is 86.6 cm³/mol. The number of carbonyl (C=O) groups excluding carboxylic acids is 1. The summed E-state index contributed by atoms with van der Waals surface area (Å²) >= 11 is 0. The molecule has 1 heterocycles. The van der Waals surface area contributed by atoms with Gasteiger partial charge in [-0.1, -0.05) is 32.6 Å². The molecular formula is C17H32N2O3. The number of hydrogen-bond donors (Lipinski definition) is 2. The van der Waals surface area contributed by atoms with Crippen LogP contribution in [0.1, 0.15) is 58.3 Å². The highest BCUT2D eigenvalue weighted by molar-refractivity contribution is 5.82. The number of carbonyl (C=O) groups is 1. The van der Waals surface area contributed by atoms with Crippen LogP contribution in [0.3, 0.4) is 0 Å². The fourth-order valence-corrected chi connectivity index (χ4v) is 3.24. The van der Waals surface area contributed by atoms with Gasteiger partial charge in [0.15, 0.2) is 0 Å². The van der Waals surface area contributed by atoms with Crippen molar-refractivity contribution in [3.8, 4) is 0 Å². The van der Waals surface area contributed by atoms with Crippen molar-refractivity contribution in [3.63, 3.8) is 0 Å². The van der Waals surface area contributed by atoms with Crippen molar-refractivity contribution in [1.29, 1.82) is 0 Å². The molecule has 0 aromatic carbocycles. The minimum absolute atomic E-state index is 0.0899. The van der Waals surface area contributed by atoms with Gasteiger partial charge >= 0.3 is 0 Å². The first-order chi connectivity index (χ1) is 10.8. The van der Waals surface area contributed by atoms with E-state index >= 15 is 0 Å². The summed E-state index contributed by atoms with van der Waals surface area (Å²) in [5.74, 6) is 0.807. The molecule has 2 N–H and O–H groups in total. The molecular weight excluding hydrogens is 280 g/mol. The largest absolute Gasteiger partial charge is 0.355 e. The van der Waals surface area contributed by atoms with Crippen LogP contribution < -0.4 is 10.6 Å². The Morgan fingerprint density at radius 1 is 1.27 bits per heavy atom. The molecule has 1 saturated heterocycles. The van der Waals surface area contributed by atoms with Crippen LogP contribution in [-0.2, 0) is 14.3 Å².